The Morgan fingerprint density at radius 2 is 1.93 bits per heavy atom. The van der Waals surface area contributed by atoms with Crippen LogP contribution in [0.5, 0.6) is 0 Å². The van der Waals surface area contributed by atoms with Crippen molar-refractivity contribution in [3.05, 3.63) is 87.7 Å². The van der Waals surface area contributed by atoms with E-state index in [1.54, 1.807) is 22.5 Å². The van der Waals surface area contributed by atoms with Crippen LogP contribution in [0.4, 0.5) is 0 Å². The van der Waals surface area contributed by atoms with E-state index in [2.05, 4.69) is 34.1 Å². The molecule has 5 rings (SSSR count). The number of benzene rings is 2. The van der Waals surface area contributed by atoms with Crippen molar-refractivity contribution in [1.82, 2.24) is 19.6 Å². The minimum absolute atomic E-state index is 0.0928. The number of hydrogen-bond acceptors (Lipinski definition) is 5. The molecule has 1 aliphatic carbocycles. The Kier molecular flexibility index (Phi) is 5.05. The maximum atomic E-state index is 12.8. The molecule has 1 atom stereocenters. The fourth-order valence-corrected chi connectivity index (χ4v) is 4.90. The molecule has 1 aliphatic rings. The summed E-state index contributed by atoms with van der Waals surface area (Å²) in [4.78, 5) is 21.8. The van der Waals surface area contributed by atoms with Crippen molar-refractivity contribution in [1.29, 1.82) is 0 Å². The molecule has 0 radical (unpaired) electrons. The zero-order valence-electron chi connectivity index (χ0n) is 16.4. The van der Waals surface area contributed by atoms with Crippen molar-refractivity contribution < 1.29 is 4.79 Å². The van der Waals surface area contributed by atoms with Gasteiger partial charge < -0.3 is 0 Å². The van der Waals surface area contributed by atoms with Gasteiger partial charge in [0.25, 0.3) is 5.78 Å². The molecular weight excluding hydrogens is 416 g/mol. The minimum Gasteiger partial charge on any atom is -0.294 e. The molecule has 0 aliphatic heterocycles. The van der Waals surface area contributed by atoms with Gasteiger partial charge in [-0.25, -0.2) is 4.98 Å². The Labute approximate surface area is 183 Å². The van der Waals surface area contributed by atoms with Crippen molar-refractivity contribution >= 4 is 34.9 Å². The number of ketones is 1. The molecule has 7 heteroatoms. The molecule has 2 aromatic heterocycles. The summed E-state index contributed by atoms with van der Waals surface area (Å²) in [6, 6.07) is 16.0. The lowest BCUT2D eigenvalue weighted by atomic mass is 9.82. The lowest BCUT2D eigenvalue weighted by Gasteiger charge is -2.23. The summed E-state index contributed by atoms with van der Waals surface area (Å²) in [5.74, 6) is 1.51. The number of aryl methyl sites for hydroxylation is 1. The number of carbonyl (C=O) groups is 1. The van der Waals surface area contributed by atoms with Gasteiger partial charge in [0.1, 0.15) is 0 Å². The van der Waals surface area contributed by atoms with Crippen LogP contribution in [0.25, 0.3) is 5.78 Å². The predicted molar refractivity (Wildman–Crippen MR) is 118 cm³/mol. The highest BCUT2D eigenvalue weighted by Gasteiger charge is 2.29. The second-order valence-corrected chi connectivity index (χ2v) is 8.90. The Hall–Kier alpha value is -2.70. The van der Waals surface area contributed by atoms with Crippen LogP contribution in [0, 0.1) is 6.92 Å². The Balaban J connectivity index is 1.46. The van der Waals surface area contributed by atoms with Crippen LogP contribution in [0.3, 0.4) is 0 Å². The average Bonchev–Trinajstić information content (AvgIpc) is 3.17. The largest absolute Gasteiger partial charge is 0.294 e. The topological polar surface area (TPSA) is 60.1 Å². The molecule has 0 spiro atoms. The molecular formula is C23H19ClN4OS. The number of thioether (sulfide) groups is 1. The Bertz CT molecular complexity index is 1250. The van der Waals surface area contributed by atoms with Gasteiger partial charge in [-0.1, -0.05) is 59.8 Å². The van der Waals surface area contributed by atoms with E-state index in [4.69, 9.17) is 11.6 Å². The molecule has 0 fully saturated rings. The number of fused-ring (bicyclic) bond motifs is 3. The maximum Gasteiger partial charge on any atom is 0.253 e. The van der Waals surface area contributed by atoms with Crippen LogP contribution < -0.4 is 0 Å². The molecule has 4 aromatic rings. The van der Waals surface area contributed by atoms with Crippen LogP contribution >= 0.6 is 23.4 Å². The summed E-state index contributed by atoms with van der Waals surface area (Å²) in [6.07, 6.45) is 2.83. The van der Waals surface area contributed by atoms with Crippen molar-refractivity contribution in [2.24, 2.45) is 0 Å². The summed E-state index contributed by atoms with van der Waals surface area (Å²) in [5.41, 5.74) is 5.15. The van der Waals surface area contributed by atoms with Crippen molar-refractivity contribution in [3.63, 3.8) is 0 Å². The van der Waals surface area contributed by atoms with Crippen LogP contribution in [-0.2, 0) is 12.2 Å². The van der Waals surface area contributed by atoms with Crippen molar-refractivity contribution in [2.75, 3.05) is 0 Å². The number of rotatable bonds is 4. The first-order chi connectivity index (χ1) is 14.6. The standard InChI is InChI=1S/C23H19ClN4OS/c1-14-4-2-3-5-16(14)13-30-23-26-22-25-12-19-20(28(22)27-23)10-17(11-21(19)29)15-6-8-18(24)9-7-15/h2-9,12,17H,10-11,13H2,1H3. The number of aromatic nitrogens is 4. The fraction of sp³-hybridized carbons (Fsp3) is 0.217. The first-order valence-corrected chi connectivity index (χ1v) is 11.2. The molecule has 150 valence electrons. The smallest absolute Gasteiger partial charge is 0.253 e. The van der Waals surface area contributed by atoms with E-state index >= 15 is 0 Å². The lowest BCUT2D eigenvalue weighted by molar-refractivity contribution is 0.0962. The van der Waals surface area contributed by atoms with E-state index < -0.39 is 0 Å². The SMILES string of the molecule is Cc1ccccc1CSc1nc2ncc3c(n2n1)CC(c1ccc(Cl)cc1)CC3=O. The molecule has 1 unspecified atom stereocenters. The molecule has 5 nitrogen and oxygen atoms in total. The monoisotopic (exact) mass is 434 g/mol. The fourth-order valence-electron chi connectivity index (χ4n) is 3.88. The maximum absolute atomic E-state index is 12.8. The quantitative estimate of drug-likeness (QED) is 0.408. The van der Waals surface area contributed by atoms with E-state index in [1.807, 2.05) is 36.4 Å². The van der Waals surface area contributed by atoms with Crippen LogP contribution in [0.1, 0.15) is 45.1 Å². The van der Waals surface area contributed by atoms with Gasteiger partial charge in [0, 0.05) is 23.4 Å². The zero-order valence-corrected chi connectivity index (χ0v) is 18.0. The van der Waals surface area contributed by atoms with E-state index in [1.165, 1.54) is 11.1 Å². The lowest BCUT2D eigenvalue weighted by Crippen LogP contribution is -2.22. The Morgan fingerprint density at radius 1 is 1.13 bits per heavy atom. The molecule has 0 saturated carbocycles. The first-order valence-electron chi connectivity index (χ1n) is 9.79. The van der Waals surface area contributed by atoms with Gasteiger partial charge in [-0.05, 0) is 48.1 Å². The molecule has 2 heterocycles. The zero-order chi connectivity index (χ0) is 20.7. The molecule has 0 N–H and O–H groups in total. The number of hydrogen-bond donors (Lipinski definition) is 0. The van der Waals surface area contributed by atoms with Gasteiger partial charge in [-0.15, -0.1) is 5.10 Å². The summed E-state index contributed by atoms with van der Waals surface area (Å²) in [5, 5.41) is 6.04. The van der Waals surface area contributed by atoms with Crippen molar-refractivity contribution in [2.45, 2.75) is 36.6 Å². The van der Waals surface area contributed by atoms with Gasteiger partial charge in [0.05, 0.1) is 11.3 Å². The van der Waals surface area contributed by atoms with E-state index in [9.17, 15) is 4.79 Å². The normalized spacial score (nSPS) is 16.1. The molecule has 0 saturated heterocycles. The number of halogens is 1. The van der Waals surface area contributed by atoms with Crippen LogP contribution in [0.15, 0.2) is 59.9 Å². The minimum atomic E-state index is 0.0928. The highest BCUT2D eigenvalue weighted by molar-refractivity contribution is 7.98. The summed E-state index contributed by atoms with van der Waals surface area (Å²) in [6.45, 7) is 2.10. The third kappa shape index (κ3) is 3.61. The van der Waals surface area contributed by atoms with Gasteiger partial charge in [0.15, 0.2) is 5.78 Å². The van der Waals surface area contributed by atoms with E-state index in [-0.39, 0.29) is 11.7 Å². The summed E-state index contributed by atoms with van der Waals surface area (Å²) < 4.78 is 1.75. The summed E-state index contributed by atoms with van der Waals surface area (Å²) in [7, 11) is 0. The second kappa shape index (κ2) is 7.85. The number of carbonyl (C=O) groups excluding carboxylic acids is 1. The van der Waals surface area contributed by atoms with Gasteiger partial charge in [0.2, 0.25) is 5.16 Å². The molecule has 30 heavy (non-hydrogen) atoms. The third-order valence-electron chi connectivity index (χ3n) is 5.58. The molecule has 0 bridgehead atoms. The predicted octanol–water partition coefficient (Wildman–Crippen LogP) is 5.29. The van der Waals surface area contributed by atoms with Gasteiger partial charge in [-0.2, -0.15) is 9.50 Å². The summed E-state index contributed by atoms with van der Waals surface area (Å²) >= 11 is 7.61. The van der Waals surface area contributed by atoms with Crippen LogP contribution in [-0.4, -0.2) is 25.4 Å². The number of Topliss-reactive ketones (excluding diaryl/α,β-unsaturated/α-hetero) is 1. The van der Waals surface area contributed by atoms with Gasteiger partial charge >= 0.3 is 0 Å². The first kappa shape index (κ1) is 19.3. The average molecular weight is 435 g/mol. The van der Waals surface area contributed by atoms with E-state index in [0.29, 0.717) is 34.4 Å². The number of nitrogens with zero attached hydrogens (tertiary/aromatic N) is 4. The van der Waals surface area contributed by atoms with Gasteiger partial charge in [-0.3, -0.25) is 4.79 Å². The molecule has 2 aromatic carbocycles. The highest BCUT2D eigenvalue weighted by Crippen LogP contribution is 2.33. The molecule has 0 amide bonds. The van der Waals surface area contributed by atoms with E-state index in [0.717, 1.165) is 17.0 Å². The third-order valence-corrected chi connectivity index (χ3v) is 6.72. The Morgan fingerprint density at radius 3 is 2.73 bits per heavy atom. The highest BCUT2D eigenvalue weighted by atomic mass is 35.5. The van der Waals surface area contributed by atoms with Crippen LogP contribution in [0.2, 0.25) is 5.02 Å². The van der Waals surface area contributed by atoms with Crippen molar-refractivity contribution in [3.8, 4) is 0 Å². The second-order valence-electron chi connectivity index (χ2n) is 7.52.